The summed E-state index contributed by atoms with van der Waals surface area (Å²) >= 11 is 3.48. The molecule has 0 aliphatic rings. The van der Waals surface area contributed by atoms with Crippen LogP contribution in [0.25, 0.3) is 0 Å². The molecule has 2 N–H and O–H groups in total. The molecule has 0 amide bonds. The third-order valence-corrected chi connectivity index (χ3v) is 3.36. The minimum atomic E-state index is -0.757. The summed E-state index contributed by atoms with van der Waals surface area (Å²) in [5.74, 6) is -1.11. The fraction of sp³-hybridized carbons (Fsp3) is 0.417. The molecule has 0 fully saturated rings. The summed E-state index contributed by atoms with van der Waals surface area (Å²) in [4.78, 5) is 10.8. The minimum Gasteiger partial charge on any atom is -0.481 e. The molecule has 2 unspecified atom stereocenters. The van der Waals surface area contributed by atoms with Crippen LogP contribution in [-0.2, 0) is 4.79 Å². The molecule has 0 radical (unpaired) electrons. The molecule has 0 bridgehead atoms. The van der Waals surface area contributed by atoms with Gasteiger partial charge >= 0.3 is 5.97 Å². The first-order chi connectivity index (χ1) is 7.56. The average molecular weight is 286 g/mol. The van der Waals surface area contributed by atoms with E-state index in [0.717, 1.165) is 10.0 Å². The Morgan fingerprint density at radius 1 is 1.50 bits per heavy atom. The lowest BCUT2D eigenvalue weighted by molar-refractivity contribution is -0.141. The van der Waals surface area contributed by atoms with Gasteiger partial charge in [-0.05, 0) is 25.1 Å². The molecule has 0 aliphatic heterocycles. The van der Waals surface area contributed by atoms with E-state index in [9.17, 15) is 4.79 Å². The van der Waals surface area contributed by atoms with Crippen LogP contribution in [0.15, 0.2) is 28.7 Å². The van der Waals surface area contributed by atoms with E-state index in [4.69, 9.17) is 5.11 Å². The van der Waals surface area contributed by atoms with Crippen molar-refractivity contribution in [3.8, 4) is 0 Å². The Morgan fingerprint density at radius 3 is 2.62 bits per heavy atom. The molecule has 0 aliphatic carbocycles. The van der Waals surface area contributed by atoms with Crippen molar-refractivity contribution in [1.29, 1.82) is 0 Å². The first-order valence-electron chi connectivity index (χ1n) is 5.20. The van der Waals surface area contributed by atoms with E-state index in [0.29, 0.717) is 6.42 Å². The number of benzene rings is 1. The number of aliphatic carboxylic acids is 1. The van der Waals surface area contributed by atoms with Crippen molar-refractivity contribution in [2.75, 3.05) is 7.05 Å². The van der Waals surface area contributed by atoms with E-state index < -0.39 is 5.97 Å². The zero-order valence-corrected chi connectivity index (χ0v) is 11.0. The summed E-state index contributed by atoms with van der Waals surface area (Å²) in [7, 11) is 1.85. The molecule has 88 valence electrons. The fourth-order valence-electron chi connectivity index (χ4n) is 1.61. The summed E-state index contributed by atoms with van der Waals surface area (Å²) in [6, 6.07) is 7.92. The number of rotatable bonds is 5. The van der Waals surface area contributed by atoms with Crippen LogP contribution in [0, 0.1) is 5.92 Å². The Labute approximate surface area is 104 Å². The van der Waals surface area contributed by atoms with Gasteiger partial charge in [-0.2, -0.15) is 0 Å². The van der Waals surface area contributed by atoms with E-state index in [1.807, 2.05) is 31.3 Å². The summed E-state index contributed by atoms with van der Waals surface area (Å²) in [5, 5.41) is 12.1. The highest BCUT2D eigenvalue weighted by Crippen LogP contribution is 2.27. The number of halogens is 1. The van der Waals surface area contributed by atoms with Crippen molar-refractivity contribution in [3.05, 3.63) is 34.3 Å². The highest BCUT2D eigenvalue weighted by molar-refractivity contribution is 9.10. The van der Waals surface area contributed by atoms with Gasteiger partial charge < -0.3 is 10.4 Å². The Bertz CT molecular complexity index is 368. The van der Waals surface area contributed by atoms with Gasteiger partial charge in [-0.1, -0.05) is 41.1 Å². The van der Waals surface area contributed by atoms with Crippen LogP contribution in [0.3, 0.4) is 0 Å². The number of nitrogens with one attached hydrogen (secondary N) is 1. The maximum Gasteiger partial charge on any atom is 0.306 e. The monoisotopic (exact) mass is 285 g/mol. The van der Waals surface area contributed by atoms with Crippen molar-refractivity contribution in [2.45, 2.75) is 19.4 Å². The molecule has 1 rings (SSSR count). The molecule has 0 saturated carbocycles. The Balaban J connectivity index is 2.83. The van der Waals surface area contributed by atoms with Crippen molar-refractivity contribution in [1.82, 2.24) is 5.32 Å². The third-order valence-electron chi connectivity index (χ3n) is 2.64. The maximum atomic E-state index is 10.8. The molecular weight excluding hydrogens is 270 g/mol. The third kappa shape index (κ3) is 3.32. The molecule has 16 heavy (non-hydrogen) atoms. The van der Waals surface area contributed by atoms with Crippen LogP contribution in [0.2, 0.25) is 0 Å². The number of hydrogen-bond acceptors (Lipinski definition) is 2. The van der Waals surface area contributed by atoms with Crippen LogP contribution in [0.5, 0.6) is 0 Å². The van der Waals surface area contributed by atoms with Gasteiger partial charge in [0.15, 0.2) is 0 Å². The fourth-order valence-corrected chi connectivity index (χ4v) is 2.17. The molecular formula is C12H16BrNO2. The molecule has 0 heterocycles. The molecule has 0 saturated heterocycles. The van der Waals surface area contributed by atoms with Crippen molar-refractivity contribution < 1.29 is 9.90 Å². The van der Waals surface area contributed by atoms with Gasteiger partial charge in [0.1, 0.15) is 0 Å². The standard InChI is InChI=1S/C12H16BrNO2/c1-8(12(15)16)7-11(14-2)9-5-3-4-6-10(9)13/h3-6,8,11,14H,7H2,1-2H3,(H,15,16). The largest absolute Gasteiger partial charge is 0.481 e. The molecule has 3 nitrogen and oxygen atoms in total. The Kier molecular flexibility index (Phi) is 4.96. The number of carboxylic acid groups (broad SMARTS) is 1. The quantitative estimate of drug-likeness (QED) is 0.875. The number of carboxylic acids is 1. The summed E-state index contributed by atoms with van der Waals surface area (Å²) < 4.78 is 1.01. The molecule has 1 aromatic carbocycles. The lowest BCUT2D eigenvalue weighted by atomic mass is 9.96. The van der Waals surface area contributed by atoms with Gasteiger partial charge in [0.25, 0.3) is 0 Å². The van der Waals surface area contributed by atoms with E-state index >= 15 is 0 Å². The van der Waals surface area contributed by atoms with Crippen molar-refractivity contribution in [3.63, 3.8) is 0 Å². The normalized spacial score (nSPS) is 14.4. The number of carbonyl (C=O) groups is 1. The SMILES string of the molecule is CNC(CC(C)C(=O)O)c1ccccc1Br. The average Bonchev–Trinajstić information content (AvgIpc) is 2.26. The Morgan fingerprint density at radius 2 is 2.12 bits per heavy atom. The van der Waals surface area contributed by atoms with Gasteiger partial charge in [0.2, 0.25) is 0 Å². The molecule has 0 spiro atoms. The molecule has 2 atom stereocenters. The minimum absolute atomic E-state index is 0.0571. The maximum absolute atomic E-state index is 10.8. The molecule has 4 heteroatoms. The van der Waals surface area contributed by atoms with Gasteiger partial charge in [-0.25, -0.2) is 0 Å². The second-order valence-electron chi connectivity index (χ2n) is 3.84. The van der Waals surface area contributed by atoms with Crippen LogP contribution >= 0.6 is 15.9 Å². The summed E-state index contributed by atoms with van der Waals surface area (Å²) in [5.41, 5.74) is 1.10. The predicted molar refractivity (Wildman–Crippen MR) is 67.4 cm³/mol. The van der Waals surface area contributed by atoms with E-state index in [1.54, 1.807) is 6.92 Å². The number of hydrogen-bond donors (Lipinski definition) is 2. The second-order valence-corrected chi connectivity index (χ2v) is 4.69. The van der Waals surface area contributed by atoms with E-state index in [1.165, 1.54) is 0 Å². The first-order valence-corrected chi connectivity index (χ1v) is 6.00. The molecule has 1 aromatic rings. The van der Waals surface area contributed by atoms with E-state index in [2.05, 4.69) is 21.2 Å². The van der Waals surface area contributed by atoms with Gasteiger partial charge in [-0.15, -0.1) is 0 Å². The van der Waals surface area contributed by atoms with Crippen molar-refractivity contribution >= 4 is 21.9 Å². The smallest absolute Gasteiger partial charge is 0.306 e. The Hall–Kier alpha value is -0.870. The van der Waals surface area contributed by atoms with Crippen LogP contribution in [0.4, 0.5) is 0 Å². The highest BCUT2D eigenvalue weighted by atomic mass is 79.9. The predicted octanol–water partition coefficient (Wildman–Crippen LogP) is 2.82. The zero-order valence-electron chi connectivity index (χ0n) is 9.40. The lowest BCUT2D eigenvalue weighted by Crippen LogP contribution is -2.22. The lowest BCUT2D eigenvalue weighted by Gasteiger charge is -2.20. The summed E-state index contributed by atoms with van der Waals surface area (Å²) in [6.45, 7) is 1.73. The zero-order chi connectivity index (χ0) is 12.1. The first kappa shape index (κ1) is 13.2. The van der Waals surface area contributed by atoms with Gasteiger partial charge in [0, 0.05) is 10.5 Å². The van der Waals surface area contributed by atoms with Crippen LogP contribution < -0.4 is 5.32 Å². The topological polar surface area (TPSA) is 49.3 Å². The van der Waals surface area contributed by atoms with Crippen LogP contribution in [0.1, 0.15) is 24.9 Å². The van der Waals surface area contributed by atoms with Crippen LogP contribution in [-0.4, -0.2) is 18.1 Å². The van der Waals surface area contributed by atoms with Gasteiger partial charge in [0.05, 0.1) is 5.92 Å². The second kappa shape index (κ2) is 6.01. The van der Waals surface area contributed by atoms with E-state index in [-0.39, 0.29) is 12.0 Å². The van der Waals surface area contributed by atoms with Crippen molar-refractivity contribution in [2.24, 2.45) is 5.92 Å². The highest BCUT2D eigenvalue weighted by Gasteiger charge is 2.19. The van der Waals surface area contributed by atoms with Gasteiger partial charge in [-0.3, -0.25) is 4.79 Å². The molecule has 0 aromatic heterocycles. The summed E-state index contributed by atoms with van der Waals surface area (Å²) in [6.07, 6.45) is 0.578.